The molecule has 0 saturated heterocycles. The van der Waals surface area contributed by atoms with Gasteiger partial charge < -0.3 is 60.4 Å². The van der Waals surface area contributed by atoms with Gasteiger partial charge in [0.1, 0.15) is 60.6 Å². The number of likely N-dealkylation sites (N-methyl/N-ethyl adjacent to an activating group) is 3. The SMILES string of the molecule is COCC(NC(=O)c1nc2ccccc2cc1O)C(=O)NC(C)C(=O)N(C)[C@H]1C/C=C/C[C@@H](C=O)N(C)C(=O)C(C)NC(=O)C(NC(=O)c2nc3ccccc3cc2O)COC(=O)C(C(C)C)N(C)C1=O. The number of carbonyl (C=O) groups is 9. The van der Waals surface area contributed by atoms with Crippen LogP contribution in [0.5, 0.6) is 11.5 Å². The molecule has 0 radical (unpaired) electrons. The third-order valence-electron chi connectivity index (χ3n) is 11.9. The number of para-hydroxylation sites is 2. The highest BCUT2D eigenvalue weighted by atomic mass is 16.5. The van der Waals surface area contributed by atoms with E-state index in [9.17, 15) is 53.4 Å². The third-order valence-corrected chi connectivity index (χ3v) is 11.9. The molecule has 22 heteroatoms. The van der Waals surface area contributed by atoms with Gasteiger partial charge in [-0.1, -0.05) is 62.4 Å². The Balaban J connectivity index is 1.40. The van der Waals surface area contributed by atoms with Gasteiger partial charge >= 0.3 is 5.97 Å². The summed E-state index contributed by atoms with van der Waals surface area (Å²) in [5, 5.41) is 32.3. The van der Waals surface area contributed by atoms with Gasteiger partial charge in [-0.15, -0.1) is 0 Å². The number of ether oxygens (including phenoxy) is 2. The van der Waals surface area contributed by atoms with Crippen molar-refractivity contribution in [2.45, 2.75) is 82.8 Å². The molecule has 7 atom stereocenters. The maximum Gasteiger partial charge on any atom is 0.329 e. The Bertz CT molecular complexity index is 2710. The predicted molar refractivity (Wildman–Crippen MR) is 256 cm³/mol. The Morgan fingerprint density at radius 2 is 1.42 bits per heavy atom. The average molecular weight is 982 g/mol. The summed E-state index contributed by atoms with van der Waals surface area (Å²) in [7, 11) is 5.25. The Morgan fingerprint density at radius 1 is 0.859 bits per heavy atom. The van der Waals surface area contributed by atoms with Gasteiger partial charge in [0, 0.05) is 39.0 Å². The molecule has 0 saturated carbocycles. The molecule has 6 N–H and O–H groups in total. The van der Waals surface area contributed by atoms with Crippen molar-refractivity contribution in [3.63, 3.8) is 0 Å². The Labute approximate surface area is 409 Å². The van der Waals surface area contributed by atoms with Crippen molar-refractivity contribution in [2.24, 2.45) is 5.92 Å². The number of esters is 1. The minimum absolute atomic E-state index is 0.0612. The van der Waals surface area contributed by atoms with Gasteiger partial charge in [0.15, 0.2) is 11.4 Å². The number of nitrogens with one attached hydrogen (secondary N) is 4. The fourth-order valence-electron chi connectivity index (χ4n) is 7.90. The van der Waals surface area contributed by atoms with Crippen molar-refractivity contribution in [1.29, 1.82) is 0 Å². The molecular weight excluding hydrogens is 923 g/mol. The predicted octanol–water partition coefficient (Wildman–Crippen LogP) is 0.976. The molecule has 1 aliphatic rings. The molecule has 7 amide bonds. The normalized spacial score (nSPS) is 21.0. The molecule has 0 bridgehead atoms. The van der Waals surface area contributed by atoms with Crippen molar-refractivity contribution in [1.82, 2.24) is 45.9 Å². The molecule has 0 aliphatic carbocycles. The molecule has 5 rings (SSSR count). The second kappa shape index (κ2) is 24.0. The summed E-state index contributed by atoms with van der Waals surface area (Å²) in [6.07, 6.45) is 3.31. The molecule has 2 aromatic heterocycles. The topological polar surface area (TPSA) is 296 Å². The lowest BCUT2D eigenvalue weighted by Crippen LogP contribution is -2.59. The van der Waals surface area contributed by atoms with E-state index in [4.69, 9.17) is 9.47 Å². The smallest absolute Gasteiger partial charge is 0.329 e. The molecule has 0 fully saturated rings. The molecule has 5 unspecified atom stereocenters. The van der Waals surface area contributed by atoms with Gasteiger partial charge in [0.25, 0.3) is 11.8 Å². The first-order chi connectivity index (χ1) is 33.7. The summed E-state index contributed by atoms with van der Waals surface area (Å²) >= 11 is 0. The van der Waals surface area contributed by atoms with E-state index in [0.717, 1.165) is 14.7 Å². The number of aromatic nitrogens is 2. The van der Waals surface area contributed by atoms with Crippen molar-refractivity contribution in [2.75, 3.05) is 41.5 Å². The molecule has 3 heterocycles. The number of nitrogens with zero attached hydrogens (tertiary/aromatic N) is 5. The van der Waals surface area contributed by atoms with Crippen LogP contribution in [-0.4, -0.2) is 172 Å². The molecule has 1 aliphatic heterocycles. The summed E-state index contributed by atoms with van der Waals surface area (Å²) in [5.74, 6) is -8.59. The average Bonchev–Trinajstić information content (AvgIpc) is 3.34. The second-order valence-corrected chi connectivity index (χ2v) is 17.4. The van der Waals surface area contributed by atoms with E-state index in [-0.39, 0.29) is 25.1 Å². The summed E-state index contributed by atoms with van der Waals surface area (Å²) < 4.78 is 10.8. The van der Waals surface area contributed by atoms with Crippen LogP contribution in [0.25, 0.3) is 21.8 Å². The summed E-state index contributed by atoms with van der Waals surface area (Å²) in [6.45, 7) is 4.78. The summed E-state index contributed by atoms with van der Waals surface area (Å²) in [5.41, 5.74) is -0.0415. The highest BCUT2D eigenvalue weighted by molar-refractivity contribution is 6.02. The summed E-state index contributed by atoms with van der Waals surface area (Å²) in [4.78, 5) is 135. The zero-order chi connectivity index (χ0) is 52.3. The van der Waals surface area contributed by atoms with Crippen LogP contribution in [0.2, 0.25) is 0 Å². The van der Waals surface area contributed by atoms with Crippen molar-refractivity contribution < 1.29 is 62.8 Å². The van der Waals surface area contributed by atoms with E-state index in [2.05, 4.69) is 31.2 Å². The van der Waals surface area contributed by atoms with Crippen LogP contribution in [0.1, 0.15) is 61.5 Å². The zero-order valence-corrected chi connectivity index (χ0v) is 40.6. The molecule has 2 aromatic carbocycles. The first-order valence-corrected chi connectivity index (χ1v) is 22.6. The maximum atomic E-state index is 14.6. The molecule has 0 spiro atoms. The number of cyclic esters (lactones) is 1. The van der Waals surface area contributed by atoms with Gasteiger partial charge in [-0.05, 0) is 56.9 Å². The Morgan fingerprint density at radius 3 is 1.99 bits per heavy atom. The van der Waals surface area contributed by atoms with Crippen molar-refractivity contribution in [3.05, 3.63) is 84.2 Å². The zero-order valence-electron chi connectivity index (χ0n) is 40.6. The summed E-state index contributed by atoms with van der Waals surface area (Å²) in [6, 6.07) is 6.64. The number of methoxy groups -OCH3 is 1. The number of aromatic hydroxyl groups is 2. The molecule has 71 heavy (non-hydrogen) atoms. The monoisotopic (exact) mass is 981 g/mol. The van der Waals surface area contributed by atoms with Crippen LogP contribution in [0.3, 0.4) is 0 Å². The van der Waals surface area contributed by atoms with E-state index in [1.54, 1.807) is 62.4 Å². The van der Waals surface area contributed by atoms with Gasteiger partial charge in [-0.3, -0.25) is 33.6 Å². The first-order valence-electron chi connectivity index (χ1n) is 22.6. The Hall–Kier alpha value is -8.01. The van der Waals surface area contributed by atoms with E-state index in [1.807, 2.05) is 0 Å². The lowest BCUT2D eigenvalue weighted by molar-refractivity contribution is -0.159. The highest BCUT2D eigenvalue weighted by Gasteiger charge is 2.39. The number of aldehydes is 1. The number of hydrogen-bond donors (Lipinski definition) is 6. The standard InChI is InChI=1S/C49H59N9O13/c1-26(2)41-49(69)71-25-35(55-45(65)40-38(61)22-30-16-10-13-19-33(30)53-40)43(63)50-27(3)46(66)56(5)31(23-59)17-11-14-20-36(48(68)58(41)7)57(6)47(67)28(4)51-42(62)34(24-70-8)54-44(64)39-37(60)21-29-15-9-12-18-32(29)52-39/h9-16,18-19,21-23,26-28,31,34-36,41,60-61H,17,20,24-25H2,1-8H3,(H,50,63)(H,51,62)(H,54,64)(H,55,65)/b14-11+/t27?,28?,31-,34?,35?,36-,41?/m0/s1. The van der Waals surface area contributed by atoms with Crippen LogP contribution in [-0.2, 0) is 43.0 Å². The minimum atomic E-state index is -1.69. The number of carbonyl (C=O) groups excluding carboxylic acids is 9. The van der Waals surface area contributed by atoms with Gasteiger partial charge in [-0.25, -0.2) is 14.8 Å². The number of amides is 7. The van der Waals surface area contributed by atoms with Gasteiger partial charge in [0.2, 0.25) is 29.5 Å². The molecular formula is C49H59N9O13. The number of pyridine rings is 2. The number of fused-ring (bicyclic) bond motifs is 2. The molecule has 378 valence electrons. The van der Waals surface area contributed by atoms with Crippen molar-refractivity contribution in [3.8, 4) is 11.5 Å². The quantitative estimate of drug-likeness (QED) is 0.0655. The lowest BCUT2D eigenvalue weighted by Gasteiger charge is -2.36. The fourth-order valence-corrected chi connectivity index (χ4v) is 7.90. The number of benzene rings is 2. The fraction of sp³-hybridized carbons (Fsp3) is 0.408. The van der Waals surface area contributed by atoms with Crippen molar-refractivity contribution >= 4 is 75.4 Å². The Kier molecular flexibility index (Phi) is 18.2. The lowest BCUT2D eigenvalue weighted by atomic mass is 10.0. The maximum absolute atomic E-state index is 14.6. The molecule has 4 aromatic rings. The van der Waals surface area contributed by atoms with E-state index in [1.165, 1.54) is 66.4 Å². The van der Waals surface area contributed by atoms with Gasteiger partial charge in [0.05, 0.1) is 23.7 Å². The third kappa shape index (κ3) is 13.0. The first kappa shape index (κ1) is 53.9. The van der Waals surface area contributed by atoms with Crippen LogP contribution < -0.4 is 21.3 Å². The van der Waals surface area contributed by atoms with Crippen LogP contribution in [0.4, 0.5) is 0 Å². The van der Waals surface area contributed by atoms with E-state index in [0.29, 0.717) is 28.1 Å². The van der Waals surface area contributed by atoms with E-state index >= 15 is 0 Å². The second-order valence-electron chi connectivity index (χ2n) is 17.4. The molecule has 22 nitrogen and oxygen atoms in total. The van der Waals surface area contributed by atoms with Gasteiger partial charge in [-0.2, -0.15) is 0 Å². The minimum Gasteiger partial charge on any atom is -0.505 e. The number of rotatable bonds is 12. The van der Waals surface area contributed by atoms with Crippen LogP contribution >= 0.6 is 0 Å². The largest absolute Gasteiger partial charge is 0.505 e. The highest BCUT2D eigenvalue weighted by Crippen LogP contribution is 2.24. The van der Waals surface area contributed by atoms with E-state index < -0.39 is 119 Å². The van der Waals surface area contributed by atoms with Crippen LogP contribution in [0.15, 0.2) is 72.8 Å². The van der Waals surface area contributed by atoms with Crippen LogP contribution in [0, 0.1) is 5.92 Å². The number of hydrogen-bond acceptors (Lipinski definition) is 15.